The van der Waals surface area contributed by atoms with E-state index in [9.17, 15) is 4.79 Å². The van der Waals surface area contributed by atoms with Crippen LogP contribution in [0.2, 0.25) is 5.02 Å². The molecule has 158 valence electrons. The number of nitrogens with zero attached hydrogens (tertiary/aromatic N) is 4. The van der Waals surface area contributed by atoms with E-state index in [1.165, 1.54) is 6.26 Å². The summed E-state index contributed by atoms with van der Waals surface area (Å²) in [4.78, 5) is 18.4. The first-order valence-corrected chi connectivity index (χ1v) is 10.1. The second-order valence-corrected chi connectivity index (χ2v) is 7.63. The number of hydrogen-bond acceptors (Lipinski definition) is 7. The summed E-state index contributed by atoms with van der Waals surface area (Å²) in [6, 6.07) is 5.67. The molecule has 3 aromatic rings. The smallest absolute Gasteiger partial charge is 0.292 e. The van der Waals surface area contributed by atoms with Crippen molar-refractivity contribution in [3.63, 3.8) is 0 Å². The topological polar surface area (TPSA) is 122 Å². The van der Waals surface area contributed by atoms with E-state index < -0.39 is 5.91 Å². The number of likely N-dealkylation sites (tertiary alicyclic amines) is 1. The summed E-state index contributed by atoms with van der Waals surface area (Å²) >= 11 is 6.26. The fourth-order valence-electron chi connectivity index (χ4n) is 3.61. The average molecular weight is 431 g/mol. The molecule has 0 bridgehead atoms. The molecule has 30 heavy (non-hydrogen) atoms. The van der Waals surface area contributed by atoms with Gasteiger partial charge >= 0.3 is 0 Å². The molecule has 0 unspecified atom stereocenters. The number of oxazole rings is 1. The van der Waals surface area contributed by atoms with E-state index in [4.69, 9.17) is 26.9 Å². The predicted octanol–water partition coefficient (Wildman–Crippen LogP) is 2.66. The maximum atomic E-state index is 12.3. The number of nitrogen functional groups attached to an aromatic ring is 1. The van der Waals surface area contributed by atoms with Crippen LogP contribution in [0.25, 0.3) is 11.1 Å². The lowest BCUT2D eigenvalue weighted by atomic mass is 10.1. The number of rotatable bonds is 6. The van der Waals surface area contributed by atoms with Crippen LogP contribution in [0.1, 0.15) is 29.4 Å². The lowest BCUT2D eigenvalue weighted by Gasteiger charge is -2.31. The number of anilines is 2. The van der Waals surface area contributed by atoms with Crippen molar-refractivity contribution in [2.45, 2.75) is 18.9 Å². The fourth-order valence-corrected chi connectivity index (χ4v) is 3.78. The molecule has 1 fully saturated rings. The molecule has 0 atom stereocenters. The largest absolute Gasteiger partial charge is 0.431 e. The van der Waals surface area contributed by atoms with Gasteiger partial charge in [-0.25, -0.2) is 0 Å². The van der Waals surface area contributed by atoms with Gasteiger partial charge in [-0.3, -0.25) is 9.48 Å². The molecule has 3 heterocycles. The zero-order chi connectivity index (χ0) is 21.1. The highest BCUT2D eigenvalue weighted by Crippen LogP contribution is 2.30. The van der Waals surface area contributed by atoms with Crippen molar-refractivity contribution in [1.82, 2.24) is 19.7 Å². The van der Waals surface area contributed by atoms with Crippen molar-refractivity contribution >= 4 is 29.2 Å². The van der Waals surface area contributed by atoms with Crippen LogP contribution < -0.4 is 11.1 Å². The Labute approximate surface area is 178 Å². The third-order valence-electron chi connectivity index (χ3n) is 5.25. The van der Waals surface area contributed by atoms with E-state index in [-0.39, 0.29) is 18.3 Å². The zero-order valence-electron chi connectivity index (χ0n) is 16.3. The molecule has 0 spiro atoms. The lowest BCUT2D eigenvalue weighted by Crippen LogP contribution is -2.36. The molecule has 1 aliphatic heterocycles. The monoisotopic (exact) mass is 430 g/mol. The first-order valence-electron chi connectivity index (χ1n) is 9.73. The van der Waals surface area contributed by atoms with Crippen molar-refractivity contribution < 1.29 is 14.3 Å². The van der Waals surface area contributed by atoms with Crippen molar-refractivity contribution in [2.24, 2.45) is 0 Å². The first kappa shape index (κ1) is 20.4. The van der Waals surface area contributed by atoms with Gasteiger partial charge in [0, 0.05) is 31.4 Å². The van der Waals surface area contributed by atoms with E-state index in [1.54, 1.807) is 12.1 Å². The van der Waals surface area contributed by atoms with Crippen molar-refractivity contribution in [3.8, 4) is 11.1 Å². The number of aliphatic hydroxyl groups excluding tert-OH is 1. The summed E-state index contributed by atoms with van der Waals surface area (Å²) < 4.78 is 6.87. The minimum Gasteiger partial charge on any atom is -0.431 e. The van der Waals surface area contributed by atoms with Gasteiger partial charge < -0.3 is 25.5 Å². The second kappa shape index (κ2) is 8.86. The Morgan fingerprint density at radius 3 is 2.83 bits per heavy atom. The van der Waals surface area contributed by atoms with Gasteiger partial charge in [0.25, 0.3) is 11.9 Å². The van der Waals surface area contributed by atoms with Gasteiger partial charge in [-0.15, -0.1) is 0 Å². The highest BCUT2D eigenvalue weighted by atomic mass is 35.5. The van der Waals surface area contributed by atoms with E-state index in [2.05, 4.69) is 20.3 Å². The van der Waals surface area contributed by atoms with Gasteiger partial charge in [-0.05, 0) is 30.5 Å². The summed E-state index contributed by atoms with van der Waals surface area (Å²) in [5.74, 6) is -0.458. The van der Waals surface area contributed by atoms with Crippen LogP contribution in [0.5, 0.6) is 0 Å². The zero-order valence-corrected chi connectivity index (χ0v) is 17.0. The number of β-amino-alcohol motifs (C(OH)–C–C–N with tert-alkyl or cyclic N) is 1. The van der Waals surface area contributed by atoms with Gasteiger partial charge in [-0.2, -0.15) is 10.1 Å². The van der Waals surface area contributed by atoms with Crippen LogP contribution in [0.15, 0.2) is 41.3 Å². The molecule has 1 amide bonds. The highest BCUT2D eigenvalue weighted by molar-refractivity contribution is 6.34. The first-order chi connectivity index (χ1) is 14.5. The molecule has 0 aliphatic carbocycles. The minimum absolute atomic E-state index is 0.0744. The lowest BCUT2D eigenvalue weighted by molar-refractivity contribution is 0.102. The average Bonchev–Trinajstić information content (AvgIpc) is 3.40. The second-order valence-electron chi connectivity index (χ2n) is 7.23. The molecule has 10 heteroatoms. The standard InChI is InChI=1S/C20H23ClN6O3/c21-16-2-1-13(9-17(16)24-19(29)18-12-30-20(22)25-18)14-10-23-27(11-14)15-3-5-26(6-4-15)7-8-28/h1-2,9-12,15,28H,3-8H2,(H2,22,25)(H,24,29). The number of hydrogen-bond donors (Lipinski definition) is 3. The summed E-state index contributed by atoms with van der Waals surface area (Å²) in [6.45, 7) is 2.81. The van der Waals surface area contributed by atoms with Gasteiger partial charge in [-0.1, -0.05) is 17.7 Å². The van der Waals surface area contributed by atoms with Crippen LogP contribution in [0.3, 0.4) is 0 Å². The van der Waals surface area contributed by atoms with Crippen LogP contribution in [0.4, 0.5) is 11.7 Å². The molecule has 1 aromatic carbocycles. The Kier molecular flexibility index (Phi) is 6.03. The normalized spacial score (nSPS) is 15.4. The van der Waals surface area contributed by atoms with E-state index in [0.717, 1.165) is 43.6 Å². The van der Waals surface area contributed by atoms with Crippen LogP contribution in [0, 0.1) is 0 Å². The molecule has 1 aliphatic rings. The SMILES string of the molecule is Nc1nc(C(=O)Nc2cc(-c3cnn(C4CCN(CCO)CC4)c3)ccc2Cl)co1. The molecule has 0 radical (unpaired) electrons. The molecular formula is C20H23ClN6O3. The maximum Gasteiger partial charge on any atom is 0.292 e. The number of piperidine rings is 1. The number of aromatic nitrogens is 3. The van der Waals surface area contributed by atoms with Gasteiger partial charge in [0.2, 0.25) is 0 Å². The number of carbonyl (C=O) groups is 1. The number of amides is 1. The molecule has 9 nitrogen and oxygen atoms in total. The Bertz CT molecular complexity index is 1030. The Balaban J connectivity index is 1.47. The third-order valence-corrected chi connectivity index (χ3v) is 5.58. The number of nitrogens with one attached hydrogen (secondary N) is 1. The number of aliphatic hydroxyl groups is 1. The van der Waals surface area contributed by atoms with Gasteiger partial charge in [0.05, 0.1) is 29.6 Å². The Morgan fingerprint density at radius 2 is 2.13 bits per heavy atom. The number of benzene rings is 1. The highest BCUT2D eigenvalue weighted by Gasteiger charge is 2.21. The Hall–Kier alpha value is -2.88. The molecule has 1 saturated heterocycles. The van der Waals surface area contributed by atoms with Crippen molar-refractivity contribution in [1.29, 1.82) is 0 Å². The quantitative estimate of drug-likeness (QED) is 0.549. The number of carbonyl (C=O) groups excluding carboxylic acids is 1. The molecule has 2 aromatic heterocycles. The molecular weight excluding hydrogens is 408 g/mol. The maximum absolute atomic E-state index is 12.3. The van der Waals surface area contributed by atoms with E-state index in [0.29, 0.717) is 16.8 Å². The van der Waals surface area contributed by atoms with Gasteiger partial charge in [0.15, 0.2) is 5.69 Å². The van der Waals surface area contributed by atoms with E-state index >= 15 is 0 Å². The van der Waals surface area contributed by atoms with Crippen molar-refractivity contribution in [2.75, 3.05) is 37.3 Å². The summed E-state index contributed by atoms with van der Waals surface area (Å²) in [7, 11) is 0. The molecule has 4 rings (SSSR count). The fraction of sp³-hybridized carbons (Fsp3) is 0.350. The summed E-state index contributed by atoms with van der Waals surface area (Å²) in [5, 5.41) is 16.8. The summed E-state index contributed by atoms with van der Waals surface area (Å²) in [6.07, 6.45) is 7.00. The Morgan fingerprint density at radius 1 is 1.33 bits per heavy atom. The summed E-state index contributed by atoms with van der Waals surface area (Å²) in [5.41, 5.74) is 7.78. The van der Waals surface area contributed by atoms with Crippen LogP contribution in [-0.2, 0) is 0 Å². The van der Waals surface area contributed by atoms with Crippen LogP contribution in [-0.4, -0.2) is 56.9 Å². The molecule has 0 saturated carbocycles. The van der Waals surface area contributed by atoms with Crippen LogP contribution >= 0.6 is 11.6 Å². The predicted molar refractivity (Wildman–Crippen MR) is 113 cm³/mol. The number of halogens is 1. The molecule has 4 N–H and O–H groups in total. The minimum atomic E-state index is -0.458. The number of nitrogens with two attached hydrogens (primary N) is 1. The van der Waals surface area contributed by atoms with Gasteiger partial charge in [0.1, 0.15) is 6.26 Å². The van der Waals surface area contributed by atoms with Crippen molar-refractivity contribution in [3.05, 3.63) is 47.6 Å². The third kappa shape index (κ3) is 4.48. The van der Waals surface area contributed by atoms with E-state index in [1.807, 2.05) is 23.1 Å².